The van der Waals surface area contributed by atoms with Gasteiger partial charge in [-0.3, -0.25) is 9.69 Å². The Morgan fingerprint density at radius 1 is 1.27 bits per heavy atom. The Balaban J connectivity index is 0.000000318. The number of carboxylic acids is 1. The highest BCUT2D eigenvalue weighted by Gasteiger charge is 2.50. The molecule has 6 nitrogen and oxygen atoms in total. The SMILES string of the molecule is Cc1nc(CN2CCC23CCN(C(=O)Cc2cccs2)C3)cs1.O=C(O)C(F)(F)F. The molecule has 0 aliphatic carbocycles. The molecule has 2 aliphatic rings. The van der Waals surface area contributed by atoms with Crippen LogP contribution in [0.1, 0.15) is 28.4 Å². The minimum absolute atomic E-state index is 0.211. The molecule has 0 bridgehead atoms. The lowest BCUT2D eigenvalue weighted by Crippen LogP contribution is -2.60. The van der Waals surface area contributed by atoms with Crippen LogP contribution in [0.25, 0.3) is 0 Å². The van der Waals surface area contributed by atoms with Gasteiger partial charge in [0.05, 0.1) is 17.1 Å². The molecule has 1 spiro atoms. The Labute approximate surface area is 179 Å². The second kappa shape index (κ2) is 9.03. The highest BCUT2D eigenvalue weighted by atomic mass is 32.1. The third-order valence-electron chi connectivity index (χ3n) is 5.37. The number of hydrogen-bond donors (Lipinski definition) is 1. The van der Waals surface area contributed by atoms with E-state index < -0.39 is 12.1 Å². The fourth-order valence-electron chi connectivity index (χ4n) is 3.71. The lowest BCUT2D eigenvalue weighted by molar-refractivity contribution is -0.192. The largest absolute Gasteiger partial charge is 0.490 e. The van der Waals surface area contributed by atoms with Crippen molar-refractivity contribution in [2.75, 3.05) is 19.6 Å². The molecule has 1 unspecified atom stereocenters. The first-order chi connectivity index (χ1) is 14.1. The number of aliphatic carboxylic acids is 1. The smallest absolute Gasteiger partial charge is 0.475 e. The molecule has 0 radical (unpaired) electrons. The van der Waals surface area contributed by atoms with Crippen molar-refractivity contribution in [1.82, 2.24) is 14.8 Å². The Morgan fingerprint density at radius 2 is 1.97 bits per heavy atom. The zero-order valence-electron chi connectivity index (χ0n) is 16.3. The van der Waals surface area contributed by atoms with Crippen LogP contribution in [-0.4, -0.2) is 63.1 Å². The van der Waals surface area contributed by atoms with Gasteiger partial charge in [0.15, 0.2) is 0 Å². The maximum Gasteiger partial charge on any atom is 0.490 e. The number of rotatable bonds is 4. The van der Waals surface area contributed by atoms with Crippen LogP contribution >= 0.6 is 22.7 Å². The predicted octanol–water partition coefficient (Wildman–Crippen LogP) is 3.57. The standard InChI is InChI=1S/C17H21N3OS2.C2HF3O2/c1-13-18-14(11-23-13)10-20-7-5-17(20)4-6-19(12-17)16(21)9-15-3-2-8-22-15;3-2(4,5)1(6)7/h2-3,8,11H,4-7,9-10,12H2,1H3;(H,6,7). The van der Waals surface area contributed by atoms with Crippen LogP contribution in [0.5, 0.6) is 0 Å². The number of nitrogens with zero attached hydrogens (tertiary/aromatic N) is 3. The van der Waals surface area contributed by atoms with Crippen LogP contribution in [0.15, 0.2) is 22.9 Å². The number of aromatic nitrogens is 1. The van der Waals surface area contributed by atoms with Crippen molar-refractivity contribution in [2.24, 2.45) is 0 Å². The summed E-state index contributed by atoms with van der Waals surface area (Å²) in [7, 11) is 0. The predicted molar refractivity (Wildman–Crippen MR) is 108 cm³/mol. The molecule has 2 saturated heterocycles. The average Bonchev–Trinajstić information content (AvgIpc) is 3.40. The number of amides is 1. The number of aryl methyl sites for hydroxylation is 1. The topological polar surface area (TPSA) is 73.7 Å². The van der Waals surface area contributed by atoms with Crippen LogP contribution < -0.4 is 0 Å². The van der Waals surface area contributed by atoms with Crippen LogP contribution in [0.3, 0.4) is 0 Å². The summed E-state index contributed by atoms with van der Waals surface area (Å²) in [5, 5.41) is 12.5. The van der Waals surface area contributed by atoms with E-state index in [1.165, 1.54) is 17.0 Å². The molecule has 2 fully saturated rings. The first-order valence-corrected chi connectivity index (χ1v) is 11.1. The summed E-state index contributed by atoms with van der Waals surface area (Å²) in [6, 6.07) is 4.07. The van der Waals surface area contributed by atoms with E-state index in [1.807, 2.05) is 11.4 Å². The average molecular weight is 462 g/mol. The number of carbonyl (C=O) groups excluding carboxylic acids is 1. The minimum Gasteiger partial charge on any atom is -0.475 e. The summed E-state index contributed by atoms with van der Waals surface area (Å²) in [6.45, 7) is 5.90. The summed E-state index contributed by atoms with van der Waals surface area (Å²) < 4.78 is 31.7. The Hall–Kier alpha value is -1.98. The van der Waals surface area contributed by atoms with Crippen LogP contribution in [0, 0.1) is 6.92 Å². The molecule has 0 aromatic carbocycles. The van der Waals surface area contributed by atoms with Gasteiger partial charge >= 0.3 is 12.1 Å². The van der Waals surface area contributed by atoms with E-state index in [4.69, 9.17) is 9.90 Å². The van der Waals surface area contributed by atoms with Gasteiger partial charge in [0.1, 0.15) is 0 Å². The summed E-state index contributed by atoms with van der Waals surface area (Å²) in [4.78, 5) is 31.8. The van der Waals surface area contributed by atoms with E-state index in [2.05, 4.69) is 33.2 Å². The van der Waals surface area contributed by atoms with Gasteiger partial charge in [0, 0.05) is 42.0 Å². The van der Waals surface area contributed by atoms with Crippen LogP contribution in [0.4, 0.5) is 13.2 Å². The molecule has 11 heteroatoms. The first kappa shape index (κ1) is 22.7. The number of likely N-dealkylation sites (tertiary alicyclic amines) is 2. The van der Waals surface area contributed by atoms with E-state index in [0.29, 0.717) is 6.42 Å². The Kier molecular flexibility index (Phi) is 6.83. The molecule has 4 heterocycles. The second-order valence-corrected chi connectivity index (χ2v) is 9.47. The molecular formula is C19H22F3N3O3S2. The molecule has 30 heavy (non-hydrogen) atoms. The highest BCUT2D eigenvalue weighted by molar-refractivity contribution is 7.10. The number of thiophene rings is 1. The van der Waals surface area contributed by atoms with E-state index in [9.17, 15) is 18.0 Å². The van der Waals surface area contributed by atoms with Crippen molar-refractivity contribution in [3.8, 4) is 0 Å². The van der Waals surface area contributed by atoms with Crippen LogP contribution in [0.2, 0.25) is 0 Å². The monoisotopic (exact) mass is 461 g/mol. The maximum atomic E-state index is 12.5. The Bertz CT molecular complexity index is 885. The molecule has 0 saturated carbocycles. The Morgan fingerprint density at radius 3 is 2.47 bits per heavy atom. The number of alkyl halides is 3. The van der Waals surface area contributed by atoms with Gasteiger partial charge in [-0.1, -0.05) is 6.07 Å². The summed E-state index contributed by atoms with van der Waals surface area (Å²) in [6.07, 6.45) is -2.22. The van der Waals surface area contributed by atoms with Crippen molar-refractivity contribution < 1.29 is 27.9 Å². The molecule has 1 atom stereocenters. The van der Waals surface area contributed by atoms with Gasteiger partial charge in [-0.05, 0) is 31.2 Å². The van der Waals surface area contributed by atoms with E-state index in [0.717, 1.165) is 37.6 Å². The fraction of sp³-hybridized carbons (Fsp3) is 0.526. The zero-order chi connectivity index (χ0) is 21.9. The number of halogens is 3. The normalized spacial score (nSPS) is 21.3. The van der Waals surface area contributed by atoms with E-state index in [1.54, 1.807) is 22.7 Å². The van der Waals surface area contributed by atoms with Gasteiger partial charge in [0.25, 0.3) is 0 Å². The lowest BCUT2D eigenvalue weighted by atomic mass is 9.83. The van der Waals surface area contributed by atoms with Crippen LogP contribution in [-0.2, 0) is 22.6 Å². The molecular weight excluding hydrogens is 439 g/mol. The van der Waals surface area contributed by atoms with Crippen molar-refractivity contribution in [1.29, 1.82) is 0 Å². The fourth-order valence-corrected chi connectivity index (χ4v) is 5.01. The zero-order valence-corrected chi connectivity index (χ0v) is 17.9. The molecule has 4 rings (SSSR count). The molecule has 2 aromatic heterocycles. The molecule has 164 valence electrons. The second-order valence-electron chi connectivity index (χ2n) is 7.38. The highest BCUT2D eigenvalue weighted by Crippen LogP contribution is 2.40. The van der Waals surface area contributed by atoms with Gasteiger partial charge in [-0.25, -0.2) is 9.78 Å². The van der Waals surface area contributed by atoms with E-state index in [-0.39, 0.29) is 11.4 Å². The molecule has 2 aliphatic heterocycles. The summed E-state index contributed by atoms with van der Waals surface area (Å²) >= 11 is 3.39. The first-order valence-electron chi connectivity index (χ1n) is 9.35. The summed E-state index contributed by atoms with van der Waals surface area (Å²) in [5.41, 5.74) is 1.39. The third kappa shape index (κ3) is 5.38. The quantitative estimate of drug-likeness (QED) is 0.754. The van der Waals surface area contributed by atoms with Crippen molar-refractivity contribution in [3.05, 3.63) is 38.5 Å². The molecule has 1 N–H and O–H groups in total. The summed E-state index contributed by atoms with van der Waals surface area (Å²) in [5.74, 6) is -2.48. The van der Waals surface area contributed by atoms with Gasteiger partial charge in [-0.15, -0.1) is 22.7 Å². The third-order valence-corrected chi connectivity index (χ3v) is 7.07. The number of carbonyl (C=O) groups is 2. The van der Waals surface area contributed by atoms with Gasteiger partial charge in [0.2, 0.25) is 5.91 Å². The molecule has 1 amide bonds. The van der Waals surface area contributed by atoms with Gasteiger partial charge < -0.3 is 10.0 Å². The van der Waals surface area contributed by atoms with Crippen molar-refractivity contribution in [3.63, 3.8) is 0 Å². The number of carboxylic acid groups (broad SMARTS) is 1. The minimum atomic E-state index is -5.08. The van der Waals surface area contributed by atoms with Crippen molar-refractivity contribution in [2.45, 2.75) is 44.4 Å². The van der Waals surface area contributed by atoms with Gasteiger partial charge in [-0.2, -0.15) is 13.2 Å². The lowest BCUT2D eigenvalue weighted by Gasteiger charge is -2.50. The molecule has 2 aromatic rings. The van der Waals surface area contributed by atoms with E-state index >= 15 is 0 Å². The van der Waals surface area contributed by atoms with Crippen molar-refractivity contribution >= 4 is 34.6 Å². The number of thiazole rings is 1. The number of hydrogen-bond acceptors (Lipinski definition) is 6. The maximum absolute atomic E-state index is 12.5.